The molecular formula is C10H11N3S. The minimum Gasteiger partial charge on any atom is -0.253 e. The molecular weight excluding hydrogens is 194 g/mol. The Balaban J connectivity index is 2.78. The topological polar surface area (TPSA) is 38.7 Å². The van der Waals surface area contributed by atoms with Crippen LogP contribution >= 0.6 is 11.8 Å². The van der Waals surface area contributed by atoms with E-state index in [4.69, 9.17) is 0 Å². The van der Waals surface area contributed by atoms with Gasteiger partial charge in [-0.25, -0.2) is 0 Å². The summed E-state index contributed by atoms with van der Waals surface area (Å²) in [6.07, 6.45) is 4.68. The number of fused-ring (bicyclic) bond motifs is 1. The average Bonchev–Trinajstić information content (AvgIpc) is 2.27. The Labute approximate surface area is 87.0 Å². The fourth-order valence-electron chi connectivity index (χ4n) is 1.41. The van der Waals surface area contributed by atoms with Crippen molar-refractivity contribution in [2.24, 2.45) is 0 Å². The van der Waals surface area contributed by atoms with Crippen LogP contribution in [0.25, 0.3) is 10.9 Å². The maximum Gasteiger partial charge on any atom is 0.145 e. The second-order valence-corrected chi connectivity index (χ2v) is 3.70. The molecule has 2 rings (SSSR count). The minimum atomic E-state index is 0.893. The first-order chi connectivity index (χ1) is 6.86. The van der Waals surface area contributed by atoms with E-state index in [9.17, 15) is 0 Å². The summed E-state index contributed by atoms with van der Waals surface area (Å²) in [5.41, 5.74) is 1.98. The molecule has 0 aliphatic heterocycles. The molecule has 0 atom stereocenters. The average molecular weight is 205 g/mol. The zero-order chi connectivity index (χ0) is 9.97. The number of pyridine rings is 1. The van der Waals surface area contributed by atoms with Gasteiger partial charge in [-0.1, -0.05) is 6.92 Å². The van der Waals surface area contributed by atoms with Crippen LogP contribution in [0.1, 0.15) is 12.6 Å². The van der Waals surface area contributed by atoms with Gasteiger partial charge >= 0.3 is 0 Å². The first kappa shape index (κ1) is 9.40. The van der Waals surface area contributed by atoms with Crippen LogP contribution in [0.15, 0.2) is 23.4 Å². The first-order valence-corrected chi connectivity index (χ1v) is 5.73. The van der Waals surface area contributed by atoms with Crippen molar-refractivity contribution >= 4 is 22.7 Å². The molecule has 0 spiro atoms. The van der Waals surface area contributed by atoms with Gasteiger partial charge in [-0.3, -0.25) is 4.98 Å². The summed E-state index contributed by atoms with van der Waals surface area (Å²) in [4.78, 5) is 4.34. The standard InChI is InChI=1S/C10H11N3S/c1-3-8-7-5-4-6-11-9(7)10(14-2)13-12-8/h4-6H,3H2,1-2H3. The molecule has 4 heteroatoms. The molecule has 72 valence electrons. The SMILES string of the molecule is CCc1nnc(SC)c2ncccc12. The third-order valence-electron chi connectivity index (χ3n) is 2.11. The molecule has 14 heavy (non-hydrogen) atoms. The maximum atomic E-state index is 4.34. The molecule has 0 N–H and O–H groups in total. The molecule has 2 aromatic heterocycles. The molecule has 0 aliphatic rings. The van der Waals surface area contributed by atoms with Crippen molar-refractivity contribution in [1.82, 2.24) is 15.2 Å². The molecule has 0 saturated heterocycles. The van der Waals surface area contributed by atoms with E-state index < -0.39 is 0 Å². The molecule has 0 bridgehead atoms. The molecule has 0 amide bonds. The largest absolute Gasteiger partial charge is 0.253 e. The number of thioether (sulfide) groups is 1. The Hall–Kier alpha value is -1.16. The Morgan fingerprint density at radius 1 is 1.36 bits per heavy atom. The molecule has 0 unspecified atom stereocenters. The lowest BCUT2D eigenvalue weighted by atomic mass is 10.2. The Morgan fingerprint density at radius 3 is 2.93 bits per heavy atom. The molecule has 0 aliphatic carbocycles. The summed E-state index contributed by atoms with van der Waals surface area (Å²) >= 11 is 1.58. The number of hydrogen-bond acceptors (Lipinski definition) is 4. The summed E-state index contributed by atoms with van der Waals surface area (Å²) in [6, 6.07) is 3.99. The van der Waals surface area contributed by atoms with Gasteiger partial charge < -0.3 is 0 Å². The highest BCUT2D eigenvalue weighted by molar-refractivity contribution is 7.98. The number of hydrogen-bond donors (Lipinski definition) is 0. The van der Waals surface area contributed by atoms with Gasteiger partial charge in [0.1, 0.15) is 10.5 Å². The monoisotopic (exact) mass is 205 g/mol. The zero-order valence-electron chi connectivity index (χ0n) is 8.19. The molecule has 3 nitrogen and oxygen atoms in total. The predicted octanol–water partition coefficient (Wildman–Crippen LogP) is 2.31. The van der Waals surface area contributed by atoms with Gasteiger partial charge in [0.15, 0.2) is 0 Å². The summed E-state index contributed by atoms with van der Waals surface area (Å²) in [7, 11) is 0. The quantitative estimate of drug-likeness (QED) is 0.705. The van der Waals surface area contributed by atoms with E-state index in [2.05, 4.69) is 28.2 Å². The van der Waals surface area contributed by atoms with Crippen LogP contribution in [0.5, 0.6) is 0 Å². The highest BCUT2D eigenvalue weighted by Crippen LogP contribution is 2.23. The van der Waals surface area contributed by atoms with Crippen molar-refractivity contribution in [3.8, 4) is 0 Å². The van der Waals surface area contributed by atoms with E-state index in [1.807, 2.05) is 12.3 Å². The van der Waals surface area contributed by atoms with Gasteiger partial charge in [0.05, 0.1) is 5.69 Å². The van der Waals surface area contributed by atoms with E-state index >= 15 is 0 Å². The van der Waals surface area contributed by atoms with Crippen molar-refractivity contribution in [2.45, 2.75) is 18.4 Å². The summed E-state index contributed by atoms with van der Waals surface area (Å²) in [5, 5.41) is 10.4. The Morgan fingerprint density at radius 2 is 2.21 bits per heavy atom. The third kappa shape index (κ3) is 1.46. The van der Waals surface area contributed by atoms with Crippen LogP contribution in [0.3, 0.4) is 0 Å². The summed E-state index contributed by atoms with van der Waals surface area (Å²) in [5.74, 6) is 0. The van der Waals surface area contributed by atoms with Gasteiger partial charge in [-0.15, -0.1) is 16.9 Å². The smallest absolute Gasteiger partial charge is 0.145 e. The van der Waals surface area contributed by atoms with Crippen LogP contribution in [0, 0.1) is 0 Å². The molecule has 0 aromatic carbocycles. The lowest BCUT2D eigenvalue weighted by molar-refractivity contribution is 0.880. The van der Waals surface area contributed by atoms with E-state index in [0.717, 1.165) is 28.0 Å². The Kier molecular flexibility index (Phi) is 2.63. The van der Waals surface area contributed by atoms with Crippen LogP contribution in [0.4, 0.5) is 0 Å². The van der Waals surface area contributed by atoms with Crippen molar-refractivity contribution in [1.29, 1.82) is 0 Å². The molecule has 0 fully saturated rings. The van der Waals surface area contributed by atoms with Gasteiger partial charge in [0.2, 0.25) is 0 Å². The lowest BCUT2D eigenvalue weighted by Gasteiger charge is -2.04. The number of nitrogens with zero attached hydrogens (tertiary/aromatic N) is 3. The fraction of sp³-hybridized carbons (Fsp3) is 0.300. The summed E-state index contributed by atoms with van der Waals surface area (Å²) in [6.45, 7) is 2.08. The number of aryl methyl sites for hydroxylation is 1. The minimum absolute atomic E-state index is 0.893. The lowest BCUT2D eigenvalue weighted by Crippen LogP contribution is -1.96. The number of rotatable bonds is 2. The summed E-state index contributed by atoms with van der Waals surface area (Å²) < 4.78 is 0. The Bertz CT molecular complexity index is 414. The van der Waals surface area contributed by atoms with Crippen molar-refractivity contribution < 1.29 is 0 Å². The first-order valence-electron chi connectivity index (χ1n) is 4.51. The second kappa shape index (κ2) is 3.92. The van der Waals surface area contributed by atoms with Gasteiger partial charge in [0.25, 0.3) is 0 Å². The van der Waals surface area contributed by atoms with Crippen molar-refractivity contribution in [3.63, 3.8) is 0 Å². The zero-order valence-corrected chi connectivity index (χ0v) is 9.01. The van der Waals surface area contributed by atoms with Crippen LogP contribution < -0.4 is 0 Å². The molecule has 0 radical (unpaired) electrons. The maximum absolute atomic E-state index is 4.34. The van der Waals surface area contributed by atoms with E-state index in [1.54, 1.807) is 18.0 Å². The van der Waals surface area contributed by atoms with Gasteiger partial charge in [-0.2, -0.15) is 5.10 Å². The third-order valence-corrected chi connectivity index (χ3v) is 2.77. The van der Waals surface area contributed by atoms with Gasteiger partial charge in [-0.05, 0) is 24.8 Å². The van der Waals surface area contributed by atoms with Crippen molar-refractivity contribution in [2.75, 3.05) is 6.26 Å². The van der Waals surface area contributed by atoms with Crippen LogP contribution in [-0.4, -0.2) is 21.4 Å². The molecule has 2 aromatic rings. The van der Waals surface area contributed by atoms with E-state index in [0.29, 0.717) is 0 Å². The molecule has 0 saturated carbocycles. The molecule has 2 heterocycles. The normalized spacial score (nSPS) is 10.7. The van der Waals surface area contributed by atoms with Crippen LogP contribution in [0.2, 0.25) is 0 Å². The fourth-order valence-corrected chi connectivity index (χ4v) is 1.89. The van der Waals surface area contributed by atoms with E-state index in [1.165, 1.54) is 0 Å². The highest BCUT2D eigenvalue weighted by atomic mass is 32.2. The van der Waals surface area contributed by atoms with Gasteiger partial charge in [0, 0.05) is 11.6 Å². The van der Waals surface area contributed by atoms with E-state index in [-0.39, 0.29) is 0 Å². The second-order valence-electron chi connectivity index (χ2n) is 2.91. The van der Waals surface area contributed by atoms with Crippen LogP contribution in [-0.2, 0) is 6.42 Å². The van der Waals surface area contributed by atoms with Crippen molar-refractivity contribution in [3.05, 3.63) is 24.0 Å². The number of aromatic nitrogens is 3. The highest BCUT2D eigenvalue weighted by Gasteiger charge is 2.07. The predicted molar refractivity (Wildman–Crippen MR) is 58.5 cm³/mol.